The van der Waals surface area contributed by atoms with Gasteiger partial charge in [0.15, 0.2) is 0 Å². The van der Waals surface area contributed by atoms with Crippen molar-refractivity contribution < 1.29 is 8.78 Å². The molecule has 4 heteroatoms. The van der Waals surface area contributed by atoms with Gasteiger partial charge in [0.05, 0.1) is 0 Å². The molecule has 0 aromatic heterocycles. The number of nitrogens with zero attached hydrogens (tertiary/aromatic N) is 1. The first-order valence-electron chi connectivity index (χ1n) is 5.88. The molecule has 96 valence electrons. The molecule has 0 saturated heterocycles. The fourth-order valence-corrected chi connectivity index (χ4v) is 1.67. The van der Waals surface area contributed by atoms with Gasteiger partial charge < -0.3 is 10.2 Å². The summed E-state index contributed by atoms with van der Waals surface area (Å²) < 4.78 is 25.9. The minimum Gasteiger partial charge on any atom is -0.309 e. The molecule has 0 heterocycles. The molecule has 1 N–H and O–H groups in total. The molecule has 1 atom stereocenters. The molecule has 1 rings (SSSR count). The van der Waals surface area contributed by atoms with Crippen molar-refractivity contribution in [1.29, 1.82) is 0 Å². The summed E-state index contributed by atoms with van der Waals surface area (Å²) in [4.78, 5) is 2.18. The molecule has 2 nitrogen and oxygen atoms in total. The van der Waals surface area contributed by atoms with Crippen LogP contribution in [0.1, 0.15) is 19.4 Å². The quantitative estimate of drug-likeness (QED) is 0.824. The zero-order valence-corrected chi connectivity index (χ0v) is 10.6. The SMILES string of the molecule is CCN(C)CC(C)NCc1cc(F)cc(F)c1. The topological polar surface area (TPSA) is 15.3 Å². The van der Waals surface area contributed by atoms with Gasteiger partial charge in [0.1, 0.15) is 11.6 Å². The van der Waals surface area contributed by atoms with Crippen LogP contribution in [0.25, 0.3) is 0 Å². The van der Waals surface area contributed by atoms with Crippen LogP contribution < -0.4 is 5.32 Å². The minimum absolute atomic E-state index is 0.284. The first-order chi connectivity index (χ1) is 8.01. The summed E-state index contributed by atoms with van der Waals surface area (Å²) in [6.45, 7) is 6.53. The van der Waals surface area contributed by atoms with Crippen LogP contribution in [0.3, 0.4) is 0 Å². The fourth-order valence-electron chi connectivity index (χ4n) is 1.67. The van der Waals surface area contributed by atoms with Crippen LogP contribution in [0.5, 0.6) is 0 Å². The lowest BCUT2D eigenvalue weighted by Crippen LogP contribution is -2.36. The molecule has 0 amide bonds. The second-order valence-electron chi connectivity index (χ2n) is 4.41. The lowest BCUT2D eigenvalue weighted by atomic mass is 10.2. The average molecular weight is 242 g/mol. The first kappa shape index (κ1) is 14.1. The van der Waals surface area contributed by atoms with Gasteiger partial charge in [-0.3, -0.25) is 0 Å². The van der Waals surface area contributed by atoms with E-state index in [1.165, 1.54) is 12.1 Å². The van der Waals surface area contributed by atoms with Crippen molar-refractivity contribution in [3.8, 4) is 0 Å². The van der Waals surface area contributed by atoms with E-state index in [0.717, 1.165) is 19.2 Å². The minimum atomic E-state index is -0.528. The Kier molecular flexibility index (Phi) is 5.51. The summed E-state index contributed by atoms with van der Waals surface area (Å²) in [6, 6.07) is 3.88. The highest BCUT2D eigenvalue weighted by molar-refractivity contribution is 5.17. The van der Waals surface area contributed by atoms with E-state index in [9.17, 15) is 8.78 Å². The summed E-state index contributed by atoms with van der Waals surface area (Å²) in [7, 11) is 2.04. The lowest BCUT2D eigenvalue weighted by molar-refractivity contribution is 0.309. The summed E-state index contributed by atoms with van der Waals surface area (Å²) in [5.74, 6) is -1.06. The van der Waals surface area contributed by atoms with E-state index in [1.807, 2.05) is 7.05 Å². The van der Waals surface area contributed by atoms with E-state index in [-0.39, 0.29) is 6.04 Å². The first-order valence-corrected chi connectivity index (χ1v) is 5.88. The molecule has 0 aliphatic carbocycles. The second-order valence-corrected chi connectivity index (χ2v) is 4.41. The molecule has 1 unspecified atom stereocenters. The maximum atomic E-state index is 12.9. The number of benzene rings is 1. The summed E-state index contributed by atoms with van der Waals surface area (Å²) in [5, 5.41) is 3.24. The highest BCUT2D eigenvalue weighted by Crippen LogP contribution is 2.07. The van der Waals surface area contributed by atoms with E-state index in [2.05, 4.69) is 24.1 Å². The van der Waals surface area contributed by atoms with Gasteiger partial charge in [-0.1, -0.05) is 6.92 Å². The third-order valence-corrected chi connectivity index (χ3v) is 2.70. The van der Waals surface area contributed by atoms with Crippen molar-refractivity contribution in [1.82, 2.24) is 10.2 Å². The van der Waals surface area contributed by atoms with E-state index in [1.54, 1.807) is 0 Å². The van der Waals surface area contributed by atoms with Gasteiger partial charge in [-0.2, -0.15) is 0 Å². The van der Waals surface area contributed by atoms with Gasteiger partial charge in [-0.15, -0.1) is 0 Å². The Labute approximate surface area is 102 Å². The van der Waals surface area contributed by atoms with Crippen molar-refractivity contribution >= 4 is 0 Å². The molecule has 0 fully saturated rings. The Morgan fingerprint density at radius 2 is 1.82 bits per heavy atom. The van der Waals surface area contributed by atoms with Crippen molar-refractivity contribution in [3.05, 3.63) is 35.4 Å². The van der Waals surface area contributed by atoms with Crippen LogP contribution in [0, 0.1) is 11.6 Å². The Morgan fingerprint density at radius 3 is 2.35 bits per heavy atom. The maximum Gasteiger partial charge on any atom is 0.126 e. The van der Waals surface area contributed by atoms with Gasteiger partial charge >= 0.3 is 0 Å². The monoisotopic (exact) mass is 242 g/mol. The van der Waals surface area contributed by atoms with Gasteiger partial charge in [0.25, 0.3) is 0 Å². The predicted molar refractivity (Wildman–Crippen MR) is 65.8 cm³/mol. The zero-order chi connectivity index (χ0) is 12.8. The maximum absolute atomic E-state index is 12.9. The largest absolute Gasteiger partial charge is 0.309 e. The molecule has 17 heavy (non-hydrogen) atoms. The van der Waals surface area contributed by atoms with E-state index < -0.39 is 11.6 Å². The Hall–Kier alpha value is -1.00. The molecule has 0 spiro atoms. The molecule has 0 bridgehead atoms. The van der Waals surface area contributed by atoms with Crippen LogP contribution in [-0.4, -0.2) is 31.1 Å². The van der Waals surface area contributed by atoms with Crippen LogP contribution in [0.15, 0.2) is 18.2 Å². The molecular formula is C13H20F2N2. The fraction of sp³-hybridized carbons (Fsp3) is 0.538. The van der Waals surface area contributed by atoms with Crippen LogP contribution >= 0.6 is 0 Å². The van der Waals surface area contributed by atoms with Crippen molar-refractivity contribution in [2.45, 2.75) is 26.4 Å². The molecule has 0 aliphatic heterocycles. The molecule has 0 radical (unpaired) electrons. The Morgan fingerprint density at radius 1 is 1.24 bits per heavy atom. The molecular weight excluding hydrogens is 222 g/mol. The second kappa shape index (κ2) is 6.67. The zero-order valence-electron chi connectivity index (χ0n) is 10.6. The molecule has 1 aromatic rings. The molecule has 0 saturated carbocycles. The predicted octanol–water partition coefficient (Wildman–Crippen LogP) is 2.39. The average Bonchev–Trinajstić information content (AvgIpc) is 2.25. The van der Waals surface area contributed by atoms with Crippen LogP contribution in [0.4, 0.5) is 8.78 Å². The Bertz CT molecular complexity index is 335. The third kappa shape index (κ3) is 5.24. The van der Waals surface area contributed by atoms with Gasteiger partial charge in [-0.05, 0) is 38.2 Å². The van der Waals surface area contributed by atoms with Gasteiger partial charge in [0, 0.05) is 25.2 Å². The number of nitrogens with one attached hydrogen (secondary N) is 1. The Balaban J connectivity index is 2.44. The summed E-state index contributed by atoms with van der Waals surface area (Å²) in [6.07, 6.45) is 0. The van der Waals surface area contributed by atoms with Crippen LogP contribution in [-0.2, 0) is 6.54 Å². The van der Waals surface area contributed by atoms with E-state index in [0.29, 0.717) is 12.1 Å². The smallest absolute Gasteiger partial charge is 0.126 e. The summed E-state index contributed by atoms with van der Waals surface area (Å²) >= 11 is 0. The van der Waals surface area contributed by atoms with E-state index >= 15 is 0 Å². The number of hydrogen-bond donors (Lipinski definition) is 1. The standard InChI is InChI=1S/C13H20F2N2/c1-4-17(3)9-10(2)16-8-11-5-12(14)7-13(15)6-11/h5-7,10,16H,4,8-9H2,1-3H3. The van der Waals surface area contributed by atoms with E-state index in [4.69, 9.17) is 0 Å². The number of halogens is 2. The van der Waals surface area contributed by atoms with Crippen LogP contribution in [0.2, 0.25) is 0 Å². The molecule has 0 aliphatic rings. The van der Waals surface area contributed by atoms with Crippen molar-refractivity contribution in [2.24, 2.45) is 0 Å². The van der Waals surface area contributed by atoms with Crippen molar-refractivity contribution in [3.63, 3.8) is 0 Å². The number of likely N-dealkylation sites (N-methyl/N-ethyl adjacent to an activating group) is 1. The number of hydrogen-bond acceptors (Lipinski definition) is 2. The highest BCUT2D eigenvalue weighted by Gasteiger charge is 2.05. The highest BCUT2D eigenvalue weighted by atomic mass is 19.1. The normalized spacial score (nSPS) is 13.1. The van der Waals surface area contributed by atoms with Crippen molar-refractivity contribution in [2.75, 3.05) is 20.1 Å². The third-order valence-electron chi connectivity index (χ3n) is 2.70. The lowest BCUT2D eigenvalue weighted by Gasteiger charge is -2.20. The summed E-state index contributed by atoms with van der Waals surface area (Å²) in [5.41, 5.74) is 0.633. The van der Waals surface area contributed by atoms with Gasteiger partial charge in [0.2, 0.25) is 0 Å². The molecule has 1 aromatic carbocycles. The van der Waals surface area contributed by atoms with Gasteiger partial charge in [-0.25, -0.2) is 8.78 Å². The number of rotatable bonds is 6.